The fourth-order valence-corrected chi connectivity index (χ4v) is 2.35. The van der Waals surface area contributed by atoms with Gasteiger partial charge in [0.2, 0.25) is 0 Å². The number of rotatable bonds is 4. The lowest BCUT2D eigenvalue weighted by Crippen LogP contribution is -2.24. The molecule has 1 N–H and O–H groups in total. The van der Waals surface area contributed by atoms with Crippen LogP contribution in [0.2, 0.25) is 0 Å². The summed E-state index contributed by atoms with van der Waals surface area (Å²) in [5.74, 6) is 0. The van der Waals surface area contributed by atoms with Gasteiger partial charge in [-0.05, 0) is 51.3 Å². The molecule has 0 aliphatic heterocycles. The van der Waals surface area contributed by atoms with Crippen molar-refractivity contribution in [3.05, 3.63) is 22.8 Å². The Labute approximate surface area is 97.4 Å². The normalized spacial score (nSPS) is 10.4. The first-order valence-corrected chi connectivity index (χ1v) is 5.79. The second-order valence-electron chi connectivity index (χ2n) is 4.13. The summed E-state index contributed by atoms with van der Waals surface area (Å²) in [7, 11) is 0. The number of hydrogen-bond donors (Lipinski definition) is 1. The zero-order valence-corrected chi connectivity index (χ0v) is 10.8. The van der Waals surface area contributed by atoms with Crippen LogP contribution in [-0.4, -0.2) is 13.1 Å². The fraction of sp³-hybridized carbons (Fsp3) is 0.538. The minimum absolute atomic E-state index is 0.604. The molecule has 0 unspecified atom stereocenters. The maximum Gasteiger partial charge on any atom is 0.0734 e. The number of benzene rings is 1. The zero-order valence-electron chi connectivity index (χ0n) is 10.8. The third-order valence-electron chi connectivity index (χ3n) is 3.11. The van der Waals surface area contributed by atoms with Crippen LogP contribution in [0.15, 0.2) is 6.07 Å². The molecule has 1 aromatic rings. The highest BCUT2D eigenvalue weighted by molar-refractivity contribution is 5.72. The lowest BCUT2D eigenvalue weighted by Gasteiger charge is -2.27. The Morgan fingerprint density at radius 1 is 1.12 bits per heavy atom. The van der Waals surface area contributed by atoms with Gasteiger partial charge in [0, 0.05) is 18.8 Å². The monoisotopic (exact) mass is 224 g/mol. The second kappa shape index (κ2) is 5.19. The van der Waals surface area contributed by atoms with E-state index in [1.807, 2.05) is 25.5 Å². The molecule has 0 heterocycles. The van der Waals surface area contributed by atoms with Crippen LogP contribution >= 0.6 is 0 Å². The summed E-state index contributed by atoms with van der Waals surface area (Å²) in [6.07, 6.45) is 0. The standard InChI is InChI=1S/C13H21FN2/c1-6-16(7-2)13-10(4)8-9(3)12(15-14)11(13)5/h8,15H,6-7H2,1-5H3. The van der Waals surface area contributed by atoms with Crippen molar-refractivity contribution < 1.29 is 4.48 Å². The molecule has 0 saturated carbocycles. The van der Waals surface area contributed by atoms with E-state index in [9.17, 15) is 4.48 Å². The summed E-state index contributed by atoms with van der Waals surface area (Å²) in [6.45, 7) is 12.1. The molecular weight excluding hydrogens is 203 g/mol. The molecule has 0 bridgehead atoms. The van der Waals surface area contributed by atoms with Crippen molar-refractivity contribution in [2.24, 2.45) is 0 Å². The number of aryl methyl sites for hydroxylation is 2. The Kier molecular flexibility index (Phi) is 4.16. The summed E-state index contributed by atoms with van der Waals surface area (Å²) >= 11 is 0. The Morgan fingerprint density at radius 2 is 1.69 bits per heavy atom. The van der Waals surface area contributed by atoms with E-state index < -0.39 is 0 Å². The molecule has 1 rings (SSSR count). The van der Waals surface area contributed by atoms with Gasteiger partial charge in [-0.1, -0.05) is 6.07 Å². The molecule has 0 fully saturated rings. The average Bonchev–Trinajstić information content (AvgIpc) is 2.24. The van der Waals surface area contributed by atoms with Gasteiger partial charge in [0.05, 0.1) is 5.69 Å². The first-order valence-electron chi connectivity index (χ1n) is 5.79. The van der Waals surface area contributed by atoms with E-state index in [1.54, 1.807) is 0 Å². The molecule has 0 aliphatic carbocycles. The Hall–Kier alpha value is -1.25. The maximum absolute atomic E-state index is 12.8. The van der Waals surface area contributed by atoms with Crippen LogP contribution in [-0.2, 0) is 0 Å². The van der Waals surface area contributed by atoms with Crippen LogP contribution in [0, 0.1) is 20.8 Å². The van der Waals surface area contributed by atoms with Gasteiger partial charge in [-0.3, -0.25) is 0 Å². The molecule has 0 aliphatic rings. The third kappa shape index (κ3) is 2.13. The minimum Gasteiger partial charge on any atom is -0.372 e. The SMILES string of the molecule is CCN(CC)c1c(C)cc(C)c(NF)c1C. The molecule has 0 amide bonds. The van der Waals surface area contributed by atoms with E-state index >= 15 is 0 Å². The van der Waals surface area contributed by atoms with Gasteiger partial charge in [0.25, 0.3) is 0 Å². The Bertz CT molecular complexity index is 371. The van der Waals surface area contributed by atoms with Gasteiger partial charge in [-0.2, -0.15) is 0 Å². The second-order valence-corrected chi connectivity index (χ2v) is 4.13. The first-order chi connectivity index (χ1) is 7.56. The number of nitrogens with one attached hydrogen (secondary N) is 1. The number of anilines is 2. The highest BCUT2D eigenvalue weighted by atomic mass is 19.2. The van der Waals surface area contributed by atoms with E-state index in [4.69, 9.17) is 0 Å². The number of hydrogen-bond acceptors (Lipinski definition) is 2. The van der Waals surface area contributed by atoms with Crippen molar-refractivity contribution in [1.29, 1.82) is 0 Å². The number of halogens is 1. The molecule has 90 valence electrons. The molecule has 1 aromatic carbocycles. The van der Waals surface area contributed by atoms with Gasteiger partial charge in [-0.25, -0.2) is 5.54 Å². The average molecular weight is 224 g/mol. The topological polar surface area (TPSA) is 15.3 Å². The minimum atomic E-state index is 0.604. The van der Waals surface area contributed by atoms with Crippen molar-refractivity contribution in [2.45, 2.75) is 34.6 Å². The lowest BCUT2D eigenvalue weighted by atomic mass is 10.0. The smallest absolute Gasteiger partial charge is 0.0734 e. The summed E-state index contributed by atoms with van der Waals surface area (Å²) in [6, 6.07) is 2.03. The first kappa shape index (κ1) is 12.8. The van der Waals surface area contributed by atoms with E-state index in [0.717, 1.165) is 29.9 Å². The summed E-state index contributed by atoms with van der Waals surface area (Å²) in [5.41, 5.74) is 6.71. The summed E-state index contributed by atoms with van der Waals surface area (Å²) < 4.78 is 12.8. The third-order valence-corrected chi connectivity index (χ3v) is 3.11. The van der Waals surface area contributed by atoms with Crippen molar-refractivity contribution in [3.63, 3.8) is 0 Å². The van der Waals surface area contributed by atoms with Gasteiger partial charge in [0.15, 0.2) is 0 Å². The van der Waals surface area contributed by atoms with Crippen molar-refractivity contribution in [2.75, 3.05) is 23.5 Å². The molecule has 2 nitrogen and oxygen atoms in total. The van der Waals surface area contributed by atoms with Gasteiger partial charge in [-0.15, -0.1) is 4.48 Å². The van der Waals surface area contributed by atoms with Gasteiger partial charge >= 0.3 is 0 Å². The van der Waals surface area contributed by atoms with E-state index in [2.05, 4.69) is 25.7 Å². The van der Waals surface area contributed by atoms with Crippen molar-refractivity contribution in [3.8, 4) is 0 Å². The van der Waals surface area contributed by atoms with E-state index in [0.29, 0.717) is 5.69 Å². The summed E-state index contributed by atoms with van der Waals surface area (Å²) in [4.78, 5) is 2.25. The summed E-state index contributed by atoms with van der Waals surface area (Å²) in [5, 5.41) is 0. The number of nitrogens with zero attached hydrogens (tertiary/aromatic N) is 1. The van der Waals surface area contributed by atoms with Crippen LogP contribution in [0.1, 0.15) is 30.5 Å². The lowest BCUT2D eigenvalue weighted by molar-refractivity contribution is 0.615. The van der Waals surface area contributed by atoms with Crippen LogP contribution in [0.5, 0.6) is 0 Å². The molecule has 0 radical (unpaired) electrons. The molecule has 16 heavy (non-hydrogen) atoms. The molecule has 3 heteroatoms. The fourth-order valence-electron chi connectivity index (χ4n) is 2.35. The molecule has 0 spiro atoms. The predicted octanol–water partition coefficient (Wildman–Crippen LogP) is 3.75. The van der Waals surface area contributed by atoms with Crippen LogP contribution < -0.4 is 10.4 Å². The van der Waals surface area contributed by atoms with Crippen LogP contribution in [0.25, 0.3) is 0 Å². The molecule has 0 aromatic heterocycles. The highest BCUT2D eigenvalue weighted by Gasteiger charge is 2.14. The highest BCUT2D eigenvalue weighted by Crippen LogP contribution is 2.33. The molecule has 0 saturated heterocycles. The van der Waals surface area contributed by atoms with Gasteiger partial charge < -0.3 is 4.90 Å². The van der Waals surface area contributed by atoms with E-state index in [-0.39, 0.29) is 0 Å². The van der Waals surface area contributed by atoms with Crippen LogP contribution in [0.3, 0.4) is 0 Å². The Morgan fingerprint density at radius 3 is 2.12 bits per heavy atom. The Balaban J connectivity index is 3.38. The van der Waals surface area contributed by atoms with Crippen molar-refractivity contribution >= 4 is 11.4 Å². The zero-order chi connectivity index (χ0) is 12.3. The molecule has 0 atom stereocenters. The van der Waals surface area contributed by atoms with Gasteiger partial charge in [0.1, 0.15) is 0 Å². The maximum atomic E-state index is 12.8. The predicted molar refractivity (Wildman–Crippen MR) is 68.9 cm³/mol. The quantitative estimate of drug-likeness (QED) is 0.783. The molecular formula is C13H21FN2. The van der Waals surface area contributed by atoms with Crippen molar-refractivity contribution in [1.82, 2.24) is 0 Å². The van der Waals surface area contributed by atoms with E-state index in [1.165, 1.54) is 5.56 Å². The largest absolute Gasteiger partial charge is 0.372 e. The van der Waals surface area contributed by atoms with Crippen LogP contribution in [0.4, 0.5) is 15.9 Å².